The Morgan fingerprint density at radius 3 is 1.98 bits per heavy atom. The maximum absolute atomic E-state index is 10.8. The van der Waals surface area contributed by atoms with Crippen LogP contribution < -0.4 is 33.3 Å². The van der Waals surface area contributed by atoms with E-state index in [1.54, 1.807) is 28.4 Å². The van der Waals surface area contributed by atoms with E-state index in [9.17, 15) is 5.26 Å². The summed E-state index contributed by atoms with van der Waals surface area (Å²) in [4.78, 5) is 2.57. The number of hydrogen-bond donors (Lipinski definition) is 0. The highest BCUT2D eigenvalue weighted by atomic mass is 16.5. The maximum atomic E-state index is 10.8. The number of methoxy groups -OCH3 is 4. The first-order chi connectivity index (χ1) is 23.2. The fourth-order valence-corrected chi connectivity index (χ4v) is 7.51. The number of hydrogen-bond acceptors (Lipinski definition) is 8. The molecule has 8 nitrogen and oxygen atoms in total. The highest BCUT2D eigenvalue weighted by Crippen LogP contribution is 2.57. The molecule has 0 aliphatic carbocycles. The molecular weight excluding hydrogens is 604 g/mol. The van der Waals surface area contributed by atoms with Gasteiger partial charge in [-0.1, -0.05) is 52.0 Å². The van der Waals surface area contributed by atoms with Crippen LogP contribution in [0, 0.1) is 23.2 Å². The maximum Gasteiger partial charge on any atom is 0.207 e. The molecule has 0 bridgehead atoms. The monoisotopic (exact) mass is 658 g/mol. The van der Waals surface area contributed by atoms with Gasteiger partial charge in [-0.3, -0.25) is 0 Å². The molecule has 0 saturated heterocycles. The summed E-state index contributed by atoms with van der Waals surface area (Å²) in [6.45, 7) is 13.7. The minimum absolute atomic E-state index is 0.0293. The van der Waals surface area contributed by atoms with E-state index < -0.39 is 5.41 Å². The van der Waals surface area contributed by atoms with Gasteiger partial charge >= 0.3 is 0 Å². The number of benzene rings is 3. The number of nitriles is 1. The number of ether oxygens (including phenoxy) is 6. The predicted octanol–water partition coefficient (Wildman–Crippen LogP) is 8.93. The van der Waals surface area contributed by atoms with Gasteiger partial charge in [0.15, 0.2) is 23.0 Å². The molecule has 0 N–H and O–H groups in total. The summed E-state index contributed by atoms with van der Waals surface area (Å²) in [7, 11) is 6.57. The van der Waals surface area contributed by atoms with Crippen LogP contribution in [0.2, 0.25) is 0 Å². The summed E-state index contributed by atoms with van der Waals surface area (Å²) in [6.07, 6.45) is 3.12. The van der Waals surface area contributed by atoms with E-state index in [0.29, 0.717) is 48.4 Å². The van der Waals surface area contributed by atoms with Crippen molar-refractivity contribution in [1.29, 1.82) is 5.26 Å². The van der Waals surface area contributed by atoms with Crippen LogP contribution in [-0.2, 0) is 11.8 Å². The molecule has 260 valence electrons. The highest BCUT2D eigenvalue weighted by molar-refractivity contribution is 5.71. The average molecular weight is 659 g/mol. The fraction of sp³-hybridized carbons (Fsp3) is 0.525. The summed E-state index contributed by atoms with van der Waals surface area (Å²) >= 11 is 0. The fourth-order valence-electron chi connectivity index (χ4n) is 7.51. The van der Waals surface area contributed by atoms with E-state index in [4.69, 9.17) is 28.4 Å². The van der Waals surface area contributed by atoms with Gasteiger partial charge in [-0.25, -0.2) is 0 Å². The second-order valence-corrected chi connectivity index (χ2v) is 13.0. The van der Waals surface area contributed by atoms with Crippen molar-refractivity contribution >= 4 is 5.69 Å². The minimum Gasteiger partial charge on any atom is -0.493 e. The number of para-hydroxylation sites is 1. The smallest absolute Gasteiger partial charge is 0.207 e. The quantitative estimate of drug-likeness (QED) is 0.151. The van der Waals surface area contributed by atoms with E-state index in [0.717, 1.165) is 47.4 Å². The van der Waals surface area contributed by atoms with Gasteiger partial charge in [0.05, 0.1) is 59.2 Å². The van der Waals surface area contributed by atoms with Gasteiger partial charge in [-0.05, 0) is 81.2 Å². The van der Waals surface area contributed by atoms with Gasteiger partial charge in [0.25, 0.3) is 0 Å². The van der Waals surface area contributed by atoms with Crippen molar-refractivity contribution in [3.63, 3.8) is 0 Å². The van der Waals surface area contributed by atoms with Crippen LogP contribution in [0.1, 0.15) is 83.5 Å². The molecule has 0 fully saturated rings. The molecule has 1 aliphatic rings. The molecule has 0 amide bonds. The van der Waals surface area contributed by atoms with Gasteiger partial charge in [0.1, 0.15) is 0 Å². The SMILES string of the molecule is CCOc1c2c(c(OCC)c(OC)c1OC)C(C(C)C)N(c1ccccc1)[C@H](CCC[C@@](C#N)(c1ccc(OC)c(OC)c1)C(C)C)C2. The van der Waals surface area contributed by atoms with Crippen LogP contribution in [0.3, 0.4) is 0 Å². The van der Waals surface area contributed by atoms with Crippen LogP contribution in [0.15, 0.2) is 48.5 Å². The lowest BCUT2D eigenvalue weighted by molar-refractivity contribution is 0.259. The summed E-state index contributed by atoms with van der Waals surface area (Å²) < 4.78 is 35.9. The molecule has 1 heterocycles. The van der Waals surface area contributed by atoms with E-state index in [1.807, 2.05) is 32.0 Å². The zero-order valence-corrected chi connectivity index (χ0v) is 30.5. The Balaban J connectivity index is 1.85. The lowest BCUT2D eigenvalue weighted by Gasteiger charge is -2.48. The number of rotatable bonds is 16. The van der Waals surface area contributed by atoms with Crippen molar-refractivity contribution in [2.45, 2.75) is 84.7 Å². The standard InChI is InChI=1S/C40H54N2O6/c1-11-47-36-31-24-30(19-16-22-40(25-41,27(5)6)28-20-21-32(43-7)33(23-28)44-8)42(29-17-14-13-15-18-29)35(26(3)4)34(31)37(48-12-2)39(46-10)38(36)45-9/h13-15,17-18,20-21,23,26-27,30,35H,11-12,16,19,22,24H2,1-10H3/t30-,35?,40+/m1/s1. The molecule has 48 heavy (non-hydrogen) atoms. The molecule has 3 atom stereocenters. The van der Waals surface area contributed by atoms with Crippen LogP contribution in [-0.4, -0.2) is 47.7 Å². The Morgan fingerprint density at radius 1 is 0.812 bits per heavy atom. The number of fused-ring (bicyclic) bond motifs is 1. The molecule has 1 unspecified atom stereocenters. The summed E-state index contributed by atoms with van der Waals surface area (Å²) in [5, 5.41) is 10.8. The normalized spacial score (nSPS) is 16.9. The molecule has 3 aromatic carbocycles. The van der Waals surface area contributed by atoms with Crippen LogP contribution in [0.5, 0.6) is 34.5 Å². The predicted molar refractivity (Wildman–Crippen MR) is 191 cm³/mol. The molecule has 4 rings (SSSR count). The van der Waals surface area contributed by atoms with E-state index in [2.05, 4.69) is 69.0 Å². The van der Waals surface area contributed by atoms with Crippen molar-refractivity contribution in [2.24, 2.45) is 11.8 Å². The first-order valence-corrected chi connectivity index (χ1v) is 17.2. The first-order valence-electron chi connectivity index (χ1n) is 17.2. The van der Waals surface area contributed by atoms with Crippen molar-refractivity contribution in [3.8, 4) is 40.6 Å². The Hall–Kier alpha value is -4.25. The highest BCUT2D eigenvalue weighted by Gasteiger charge is 2.44. The molecule has 0 aromatic heterocycles. The number of nitrogens with zero attached hydrogens (tertiary/aromatic N) is 2. The van der Waals surface area contributed by atoms with Gasteiger partial charge < -0.3 is 33.3 Å². The molecule has 0 radical (unpaired) electrons. The summed E-state index contributed by atoms with van der Waals surface area (Å²) in [5.41, 5.74) is 3.59. The first kappa shape index (κ1) is 36.6. The Morgan fingerprint density at radius 2 is 1.44 bits per heavy atom. The molecule has 0 saturated carbocycles. The topological polar surface area (TPSA) is 82.4 Å². The van der Waals surface area contributed by atoms with Crippen molar-refractivity contribution < 1.29 is 28.4 Å². The van der Waals surface area contributed by atoms with Gasteiger partial charge in [-0.2, -0.15) is 5.26 Å². The van der Waals surface area contributed by atoms with Crippen molar-refractivity contribution in [2.75, 3.05) is 46.6 Å². The van der Waals surface area contributed by atoms with Gasteiger partial charge in [0.2, 0.25) is 11.5 Å². The van der Waals surface area contributed by atoms with Crippen LogP contribution in [0.25, 0.3) is 0 Å². The van der Waals surface area contributed by atoms with Crippen molar-refractivity contribution in [1.82, 2.24) is 0 Å². The molecule has 1 aliphatic heterocycles. The Bertz CT molecular complexity index is 1550. The third-order valence-corrected chi connectivity index (χ3v) is 9.75. The van der Waals surface area contributed by atoms with Crippen LogP contribution in [0.4, 0.5) is 5.69 Å². The third-order valence-electron chi connectivity index (χ3n) is 9.75. The average Bonchev–Trinajstić information content (AvgIpc) is 3.10. The molecular formula is C40H54N2O6. The molecule has 0 spiro atoms. The Kier molecular flexibility index (Phi) is 12.4. The zero-order valence-electron chi connectivity index (χ0n) is 30.5. The summed E-state index contributed by atoms with van der Waals surface area (Å²) in [5.74, 6) is 4.14. The lowest BCUT2D eigenvalue weighted by Crippen LogP contribution is -2.46. The second-order valence-electron chi connectivity index (χ2n) is 13.0. The zero-order chi connectivity index (χ0) is 35.0. The summed E-state index contributed by atoms with van der Waals surface area (Å²) in [6, 6.07) is 19.3. The van der Waals surface area contributed by atoms with E-state index in [1.165, 1.54) is 0 Å². The second kappa shape index (κ2) is 16.2. The van der Waals surface area contributed by atoms with Gasteiger partial charge in [-0.15, -0.1) is 0 Å². The molecule has 3 aromatic rings. The van der Waals surface area contributed by atoms with Gasteiger partial charge in [0, 0.05) is 22.9 Å². The number of anilines is 1. The Labute approximate surface area is 287 Å². The lowest BCUT2D eigenvalue weighted by atomic mass is 9.69. The van der Waals surface area contributed by atoms with E-state index >= 15 is 0 Å². The van der Waals surface area contributed by atoms with Crippen LogP contribution >= 0.6 is 0 Å². The molecule has 8 heteroatoms. The minimum atomic E-state index is -0.698. The largest absolute Gasteiger partial charge is 0.493 e. The van der Waals surface area contributed by atoms with Crippen molar-refractivity contribution in [3.05, 3.63) is 65.2 Å². The van der Waals surface area contributed by atoms with E-state index in [-0.39, 0.29) is 23.9 Å². The third kappa shape index (κ3) is 6.83.